The lowest BCUT2D eigenvalue weighted by atomic mass is 9.89. The molecule has 2 heterocycles. The molecular formula is C22H37N3O. The molecule has 0 N–H and O–H groups in total. The van der Waals surface area contributed by atoms with Crippen LogP contribution in [0, 0.1) is 5.92 Å². The maximum atomic E-state index is 5.89. The molecule has 0 unspecified atom stereocenters. The number of rotatable bonds is 8. The van der Waals surface area contributed by atoms with Gasteiger partial charge in [0.25, 0.3) is 0 Å². The molecule has 146 valence electrons. The number of likely N-dealkylation sites (tertiary alicyclic amines) is 2. The van der Waals surface area contributed by atoms with Crippen LogP contribution >= 0.6 is 0 Å². The van der Waals surface area contributed by atoms with Crippen molar-refractivity contribution in [2.75, 3.05) is 53.4 Å². The van der Waals surface area contributed by atoms with Crippen LogP contribution in [0.4, 0.5) is 0 Å². The number of hydrogen-bond donors (Lipinski definition) is 0. The zero-order valence-corrected chi connectivity index (χ0v) is 17.0. The van der Waals surface area contributed by atoms with Crippen molar-refractivity contribution in [1.29, 1.82) is 0 Å². The minimum Gasteiger partial charge on any atom is -0.492 e. The predicted molar refractivity (Wildman–Crippen MR) is 109 cm³/mol. The molecule has 0 saturated carbocycles. The number of benzene rings is 1. The Morgan fingerprint density at radius 2 is 1.85 bits per heavy atom. The summed E-state index contributed by atoms with van der Waals surface area (Å²) in [4.78, 5) is 7.48. The Morgan fingerprint density at radius 3 is 2.54 bits per heavy atom. The normalized spacial score (nSPS) is 21.4. The highest BCUT2D eigenvalue weighted by Crippen LogP contribution is 2.27. The quantitative estimate of drug-likeness (QED) is 0.709. The maximum absolute atomic E-state index is 5.89. The summed E-state index contributed by atoms with van der Waals surface area (Å²) >= 11 is 0. The molecule has 0 amide bonds. The average Bonchev–Trinajstić information content (AvgIpc) is 3.16. The second-order valence-electron chi connectivity index (χ2n) is 8.40. The molecule has 0 aromatic heterocycles. The highest BCUT2D eigenvalue weighted by molar-refractivity contribution is 5.28. The van der Waals surface area contributed by atoms with Gasteiger partial charge in [-0.3, -0.25) is 4.90 Å². The SMILES string of the molecule is C[C@H](C1CCN(Cc2cccc(OCCN(C)C)c2)CC1)N1CCCC1. The molecule has 4 heteroatoms. The van der Waals surface area contributed by atoms with Crippen LogP contribution in [-0.4, -0.2) is 74.2 Å². The van der Waals surface area contributed by atoms with Gasteiger partial charge in [-0.15, -0.1) is 0 Å². The van der Waals surface area contributed by atoms with E-state index >= 15 is 0 Å². The second kappa shape index (κ2) is 9.72. The minimum absolute atomic E-state index is 0.746. The van der Waals surface area contributed by atoms with Gasteiger partial charge in [0.15, 0.2) is 0 Å². The van der Waals surface area contributed by atoms with Crippen LogP contribution in [0.25, 0.3) is 0 Å². The van der Waals surface area contributed by atoms with Gasteiger partial charge in [-0.25, -0.2) is 0 Å². The summed E-state index contributed by atoms with van der Waals surface area (Å²) in [5, 5.41) is 0. The third kappa shape index (κ3) is 5.70. The first-order chi connectivity index (χ1) is 12.6. The Labute approximate surface area is 160 Å². The number of piperidine rings is 1. The molecule has 4 nitrogen and oxygen atoms in total. The summed E-state index contributed by atoms with van der Waals surface area (Å²) in [6.45, 7) is 10.3. The summed E-state index contributed by atoms with van der Waals surface area (Å²) in [5.74, 6) is 1.88. The van der Waals surface area contributed by atoms with E-state index in [4.69, 9.17) is 4.74 Å². The highest BCUT2D eigenvalue weighted by Gasteiger charge is 2.28. The van der Waals surface area contributed by atoms with Crippen LogP contribution in [0.1, 0.15) is 38.2 Å². The number of likely N-dealkylation sites (N-methyl/N-ethyl adjacent to an activating group) is 1. The third-order valence-corrected chi connectivity index (χ3v) is 6.14. The van der Waals surface area contributed by atoms with Crippen molar-refractivity contribution in [2.24, 2.45) is 5.92 Å². The second-order valence-corrected chi connectivity index (χ2v) is 8.40. The molecule has 26 heavy (non-hydrogen) atoms. The first-order valence-electron chi connectivity index (χ1n) is 10.4. The molecule has 0 aliphatic carbocycles. The lowest BCUT2D eigenvalue weighted by molar-refractivity contribution is 0.108. The molecule has 2 saturated heterocycles. The Balaban J connectivity index is 1.44. The summed E-state index contributed by atoms with van der Waals surface area (Å²) in [6.07, 6.45) is 5.49. The summed E-state index contributed by atoms with van der Waals surface area (Å²) in [7, 11) is 4.15. The fourth-order valence-corrected chi connectivity index (χ4v) is 4.38. The molecular weight excluding hydrogens is 322 g/mol. The van der Waals surface area contributed by atoms with Gasteiger partial charge in [0.1, 0.15) is 12.4 Å². The minimum atomic E-state index is 0.746. The Morgan fingerprint density at radius 1 is 1.12 bits per heavy atom. The Kier molecular flexibility index (Phi) is 7.35. The zero-order chi connectivity index (χ0) is 18.4. The monoisotopic (exact) mass is 359 g/mol. The first kappa shape index (κ1) is 19.7. The summed E-state index contributed by atoms with van der Waals surface area (Å²) < 4.78 is 5.89. The van der Waals surface area contributed by atoms with Gasteiger partial charge < -0.3 is 14.5 Å². The molecule has 3 rings (SSSR count). The van der Waals surface area contributed by atoms with E-state index in [0.717, 1.165) is 37.4 Å². The number of hydrogen-bond acceptors (Lipinski definition) is 4. The van der Waals surface area contributed by atoms with E-state index in [0.29, 0.717) is 0 Å². The summed E-state index contributed by atoms with van der Waals surface area (Å²) in [5.41, 5.74) is 1.37. The molecule has 1 atom stereocenters. The van der Waals surface area contributed by atoms with Gasteiger partial charge in [0, 0.05) is 19.1 Å². The van der Waals surface area contributed by atoms with Gasteiger partial charge >= 0.3 is 0 Å². The Bertz CT molecular complexity index is 534. The van der Waals surface area contributed by atoms with E-state index in [1.807, 2.05) is 0 Å². The topological polar surface area (TPSA) is 19.0 Å². The first-order valence-corrected chi connectivity index (χ1v) is 10.4. The zero-order valence-electron chi connectivity index (χ0n) is 17.0. The lowest BCUT2D eigenvalue weighted by Crippen LogP contribution is -2.42. The van der Waals surface area contributed by atoms with Crippen LogP contribution in [0.2, 0.25) is 0 Å². The van der Waals surface area contributed by atoms with E-state index in [-0.39, 0.29) is 0 Å². The summed E-state index contributed by atoms with van der Waals surface area (Å²) in [6, 6.07) is 9.42. The smallest absolute Gasteiger partial charge is 0.119 e. The standard InChI is InChI=1S/C22H37N3O/c1-19(25-11-4-5-12-25)21-9-13-24(14-10-21)18-20-7-6-8-22(17-20)26-16-15-23(2)3/h6-8,17,19,21H,4-5,9-16,18H2,1-3H3/t19-/m1/s1. The fourth-order valence-electron chi connectivity index (χ4n) is 4.38. The van der Waals surface area contributed by atoms with E-state index in [1.54, 1.807) is 0 Å². The average molecular weight is 360 g/mol. The molecule has 1 aromatic carbocycles. The van der Waals surface area contributed by atoms with Gasteiger partial charge in [-0.1, -0.05) is 12.1 Å². The van der Waals surface area contributed by atoms with Crippen LogP contribution < -0.4 is 4.74 Å². The molecule has 0 radical (unpaired) electrons. The molecule has 0 bridgehead atoms. The van der Waals surface area contributed by atoms with Crippen molar-refractivity contribution < 1.29 is 4.74 Å². The van der Waals surface area contributed by atoms with Crippen LogP contribution in [0.15, 0.2) is 24.3 Å². The highest BCUT2D eigenvalue weighted by atomic mass is 16.5. The van der Waals surface area contributed by atoms with E-state index < -0.39 is 0 Å². The fraction of sp³-hybridized carbons (Fsp3) is 0.727. The van der Waals surface area contributed by atoms with Crippen molar-refractivity contribution in [2.45, 2.75) is 45.2 Å². The van der Waals surface area contributed by atoms with Crippen molar-refractivity contribution >= 4 is 0 Å². The van der Waals surface area contributed by atoms with Crippen molar-refractivity contribution in [3.63, 3.8) is 0 Å². The largest absolute Gasteiger partial charge is 0.492 e. The Hall–Kier alpha value is -1.10. The number of ether oxygens (including phenoxy) is 1. The van der Waals surface area contributed by atoms with Gasteiger partial charge in [-0.2, -0.15) is 0 Å². The predicted octanol–water partition coefficient (Wildman–Crippen LogP) is 3.32. The van der Waals surface area contributed by atoms with Gasteiger partial charge in [0.05, 0.1) is 0 Å². The van der Waals surface area contributed by atoms with E-state index in [9.17, 15) is 0 Å². The molecule has 1 aromatic rings. The molecule has 0 spiro atoms. The van der Waals surface area contributed by atoms with Gasteiger partial charge in [0.2, 0.25) is 0 Å². The van der Waals surface area contributed by atoms with Crippen molar-refractivity contribution in [3.05, 3.63) is 29.8 Å². The molecule has 2 fully saturated rings. The van der Waals surface area contributed by atoms with Crippen molar-refractivity contribution in [3.8, 4) is 5.75 Å². The molecule has 2 aliphatic heterocycles. The van der Waals surface area contributed by atoms with Crippen LogP contribution in [0.3, 0.4) is 0 Å². The number of nitrogens with zero attached hydrogens (tertiary/aromatic N) is 3. The lowest BCUT2D eigenvalue weighted by Gasteiger charge is -2.38. The maximum Gasteiger partial charge on any atom is 0.119 e. The van der Waals surface area contributed by atoms with Gasteiger partial charge in [-0.05, 0) is 96.5 Å². The van der Waals surface area contributed by atoms with E-state index in [2.05, 4.69) is 60.0 Å². The van der Waals surface area contributed by atoms with Crippen molar-refractivity contribution in [1.82, 2.24) is 14.7 Å². The van der Waals surface area contributed by atoms with E-state index in [1.165, 1.54) is 57.4 Å². The van der Waals surface area contributed by atoms with Crippen LogP contribution in [-0.2, 0) is 6.54 Å². The van der Waals surface area contributed by atoms with Crippen LogP contribution in [0.5, 0.6) is 5.75 Å². The molecule has 2 aliphatic rings. The third-order valence-electron chi connectivity index (χ3n) is 6.14.